The zero-order valence-corrected chi connectivity index (χ0v) is 9.78. The van der Waals surface area contributed by atoms with Gasteiger partial charge in [-0.3, -0.25) is 0 Å². The third-order valence-electron chi connectivity index (χ3n) is 4.02. The molecule has 88 valence electrons. The van der Waals surface area contributed by atoms with Crippen LogP contribution in [0.3, 0.4) is 0 Å². The summed E-state index contributed by atoms with van der Waals surface area (Å²) in [6, 6.07) is 0.469. The minimum absolute atomic E-state index is 0.419. The highest BCUT2D eigenvalue weighted by atomic mass is 16.5. The van der Waals surface area contributed by atoms with Crippen LogP contribution in [0.5, 0.6) is 0 Å². The molecule has 1 saturated carbocycles. The third-order valence-corrected chi connectivity index (χ3v) is 4.02. The van der Waals surface area contributed by atoms with Crippen molar-refractivity contribution in [2.45, 2.75) is 56.9 Å². The Balaban J connectivity index is 1.76. The van der Waals surface area contributed by atoms with Gasteiger partial charge in [-0.05, 0) is 32.7 Å². The molecular weight excluding hydrogens is 202 g/mol. The molecule has 2 heterocycles. The van der Waals surface area contributed by atoms with Gasteiger partial charge in [0.15, 0.2) is 5.82 Å². The molecule has 1 aliphatic carbocycles. The first-order valence-electron chi connectivity index (χ1n) is 6.41. The van der Waals surface area contributed by atoms with Gasteiger partial charge < -0.3 is 9.84 Å². The Labute approximate surface area is 95.8 Å². The monoisotopic (exact) mass is 221 g/mol. The van der Waals surface area contributed by atoms with Crippen LogP contribution in [0.4, 0.5) is 0 Å². The Morgan fingerprint density at radius 1 is 1.25 bits per heavy atom. The predicted molar refractivity (Wildman–Crippen MR) is 60.3 cm³/mol. The van der Waals surface area contributed by atoms with E-state index in [9.17, 15) is 0 Å². The lowest BCUT2D eigenvalue weighted by atomic mass is 10.0. The molecule has 0 radical (unpaired) electrons. The molecule has 2 unspecified atom stereocenters. The van der Waals surface area contributed by atoms with E-state index in [0.717, 1.165) is 24.7 Å². The van der Waals surface area contributed by atoms with Crippen LogP contribution in [0.15, 0.2) is 4.52 Å². The summed E-state index contributed by atoms with van der Waals surface area (Å²) in [7, 11) is 0. The summed E-state index contributed by atoms with van der Waals surface area (Å²) in [6.07, 6.45) is 6.22. The van der Waals surface area contributed by atoms with Crippen LogP contribution in [0.1, 0.15) is 62.6 Å². The van der Waals surface area contributed by atoms with Crippen molar-refractivity contribution < 1.29 is 4.52 Å². The Hall–Kier alpha value is -0.900. The normalized spacial score (nSPS) is 31.3. The van der Waals surface area contributed by atoms with Crippen molar-refractivity contribution in [2.75, 3.05) is 6.54 Å². The molecule has 2 atom stereocenters. The number of nitrogens with one attached hydrogen (secondary N) is 1. The molecule has 3 rings (SSSR count). The average molecular weight is 221 g/mol. The molecule has 2 aliphatic rings. The van der Waals surface area contributed by atoms with Gasteiger partial charge in [-0.25, -0.2) is 0 Å². The minimum Gasteiger partial charge on any atom is -0.339 e. The summed E-state index contributed by atoms with van der Waals surface area (Å²) < 4.78 is 5.43. The molecule has 1 aliphatic heterocycles. The van der Waals surface area contributed by atoms with Crippen molar-refractivity contribution in [3.63, 3.8) is 0 Å². The van der Waals surface area contributed by atoms with E-state index in [1.54, 1.807) is 0 Å². The van der Waals surface area contributed by atoms with Gasteiger partial charge in [0.05, 0.1) is 5.92 Å². The minimum atomic E-state index is 0.419. The number of nitrogens with zero attached hydrogens (tertiary/aromatic N) is 2. The molecule has 2 fully saturated rings. The van der Waals surface area contributed by atoms with E-state index in [0.29, 0.717) is 17.9 Å². The molecule has 0 bridgehead atoms. The molecule has 1 aromatic heterocycles. The fourth-order valence-corrected chi connectivity index (χ4v) is 2.94. The maximum atomic E-state index is 5.43. The molecule has 4 nitrogen and oxygen atoms in total. The lowest BCUT2D eigenvalue weighted by Gasteiger charge is -2.09. The van der Waals surface area contributed by atoms with Gasteiger partial charge in [-0.1, -0.05) is 18.0 Å². The van der Waals surface area contributed by atoms with E-state index in [1.165, 1.54) is 25.7 Å². The van der Waals surface area contributed by atoms with Crippen molar-refractivity contribution in [1.29, 1.82) is 0 Å². The summed E-state index contributed by atoms with van der Waals surface area (Å²) >= 11 is 0. The quantitative estimate of drug-likeness (QED) is 0.831. The molecule has 1 N–H and O–H groups in total. The lowest BCUT2D eigenvalue weighted by molar-refractivity contribution is 0.339. The number of hydrogen-bond acceptors (Lipinski definition) is 4. The first-order valence-corrected chi connectivity index (χ1v) is 6.41. The molecule has 0 aromatic carbocycles. The van der Waals surface area contributed by atoms with Crippen molar-refractivity contribution in [1.82, 2.24) is 15.5 Å². The van der Waals surface area contributed by atoms with E-state index >= 15 is 0 Å². The van der Waals surface area contributed by atoms with Gasteiger partial charge in [0.2, 0.25) is 5.89 Å². The van der Waals surface area contributed by atoms with Gasteiger partial charge in [-0.15, -0.1) is 0 Å². The van der Waals surface area contributed by atoms with Crippen LogP contribution in [-0.2, 0) is 0 Å². The average Bonchev–Trinajstić information content (AvgIpc) is 2.96. The van der Waals surface area contributed by atoms with Crippen LogP contribution in [0, 0.1) is 0 Å². The number of hydrogen-bond donors (Lipinski definition) is 1. The Morgan fingerprint density at radius 3 is 2.75 bits per heavy atom. The van der Waals surface area contributed by atoms with Crippen LogP contribution >= 0.6 is 0 Å². The van der Waals surface area contributed by atoms with Crippen LogP contribution in [0.2, 0.25) is 0 Å². The first-order chi connectivity index (χ1) is 7.84. The maximum absolute atomic E-state index is 5.43. The van der Waals surface area contributed by atoms with Crippen LogP contribution in [-0.4, -0.2) is 22.7 Å². The first kappa shape index (κ1) is 10.3. The van der Waals surface area contributed by atoms with Gasteiger partial charge >= 0.3 is 0 Å². The number of rotatable bonds is 2. The SMILES string of the molecule is CC1NCCC1c1nc(C2CCCC2)no1. The second-order valence-corrected chi connectivity index (χ2v) is 5.11. The van der Waals surface area contributed by atoms with Gasteiger partial charge in [0.1, 0.15) is 0 Å². The summed E-state index contributed by atoms with van der Waals surface area (Å²) in [5, 5.41) is 7.58. The summed E-state index contributed by atoms with van der Waals surface area (Å²) in [5.41, 5.74) is 0. The second kappa shape index (κ2) is 4.17. The molecule has 1 aromatic rings. The van der Waals surface area contributed by atoms with Crippen LogP contribution in [0.25, 0.3) is 0 Å². The van der Waals surface area contributed by atoms with Gasteiger partial charge in [0, 0.05) is 12.0 Å². The zero-order chi connectivity index (χ0) is 11.0. The lowest BCUT2D eigenvalue weighted by Crippen LogP contribution is -2.21. The second-order valence-electron chi connectivity index (χ2n) is 5.11. The largest absolute Gasteiger partial charge is 0.339 e. The smallest absolute Gasteiger partial charge is 0.231 e. The molecule has 0 amide bonds. The molecule has 16 heavy (non-hydrogen) atoms. The Kier molecular flexibility index (Phi) is 2.67. The topological polar surface area (TPSA) is 51.0 Å². The van der Waals surface area contributed by atoms with E-state index < -0.39 is 0 Å². The maximum Gasteiger partial charge on any atom is 0.231 e. The van der Waals surface area contributed by atoms with Crippen molar-refractivity contribution in [3.05, 3.63) is 11.7 Å². The summed E-state index contributed by atoms with van der Waals surface area (Å²) in [5.74, 6) is 2.77. The van der Waals surface area contributed by atoms with Crippen molar-refractivity contribution in [2.24, 2.45) is 0 Å². The highest BCUT2D eigenvalue weighted by molar-refractivity contribution is 5.05. The Bertz CT molecular complexity index is 357. The van der Waals surface area contributed by atoms with E-state index in [2.05, 4.69) is 22.4 Å². The third kappa shape index (κ3) is 1.75. The van der Waals surface area contributed by atoms with E-state index in [-0.39, 0.29) is 0 Å². The Morgan fingerprint density at radius 2 is 2.06 bits per heavy atom. The summed E-state index contributed by atoms with van der Waals surface area (Å²) in [4.78, 5) is 4.61. The summed E-state index contributed by atoms with van der Waals surface area (Å²) in [6.45, 7) is 3.25. The standard InChI is InChI=1S/C12H19N3O/c1-8-10(6-7-13-8)12-14-11(15-16-12)9-4-2-3-5-9/h8-10,13H,2-7H2,1H3. The highest BCUT2D eigenvalue weighted by Crippen LogP contribution is 2.34. The van der Waals surface area contributed by atoms with Gasteiger partial charge in [0.25, 0.3) is 0 Å². The molecule has 0 spiro atoms. The van der Waals surface area contributed by atoms with Crippen molar-refractivity contribution >= 4 is 0 Å². The number of aromatic nitrogens is 2. The predicted octanol–water partition coefficient (Wildman–Crippen LogP) is 2.19. The van der Waals surface area contributed by atoms with E-state index in [1.807, 2.05) is 0 Å². The zero-order valence-electron chi connectivity index (χ0n) is 9.78. The van der Waals surface area contributed by atoms with E-state index in [4.69, 9.17) is 4.52 Å². The fraction of sp³-hybridized carbons (Fsp3) is 0.833. The molecular formula is C12H19N3O. The molecule has 4 heteroatoms. The van der Waals surface area contributed by atoms with Crippen molar-refractivity contribution in [3.8, 4) is 0 Å². The van der Waals surface area contributed by atoms with Crippen LogP contribution < -0.4 is 5.32 Å². The van der Waals surface area contributed by atoms with Gasteiger partial charge in [-0.2, -0.15) is 4.98 Å². The molecule has 1 saturated heterocycles. The fourth-order valence-electron chi connectivity index (χ4n) is 2.94. The highest BCUT2D eigenvalue weighted by Gasteiger charge is 2.31.